The molecule has 0 atom stereocenters. The summed E-state index contributed by atoms with van der Waals surface area (Å²) in [6.45, 7) is 0.333. The van der Waals surface area contributed by atoms with Crippen molar-refractivity contribution in [2.24, 2.45) is 5.73 Å². The Morgan fingerprint density at radius 2 is 2.05 bits per heavy atom. The summed E-state index contributed by atoms with van der Waals surface area (Å²) in [5.41, 5.74) is 5.03. The predicted octanol–water partition coefficient (Wildman–Crippen LogP) is 2.67. The maximum atomic E-state index is 12.3. The summed E-state index contributed by atoms with van der Waals surface area (Å²) < 4.78 is 0. The molecule has 0 aromatic heterocycles. The molecule has 21 heavy (non-hydrogen) atoms. The SMILES string of the molecule is Cl.NCC1(NC(=O)c2ccc(Cl)cc2[N+](=O)[O-])CCCC1. The fourth-order valence-electron chi connectivity index (χ4n) is 2.59. The lowest BCUT2D eigenvalue weighted by Gasteiger charge is -2.28. The molecule has 1 aromatic rings. The highest BCUT2D eigenvalue weighted by atomic mass is 35.5. The number of nitrogens with one attached hydrogen (secondary N) is 1. The van der Waals surface area contributed by atoms with Crippen molar-refractivity contribution < 1.29 is 9.72 Å². The Hall–Kier alpha value is -1.37. The van der Waals surface area contributed by atoms with Gasteiger partial charge in [0.25, 0.3) is 11.6 Å². The smallest absolute Gasteiger partial charge is 0.283 e. The quantitative estimate of drug-likeness (QED) is 0.653. The Labute approximate surface area is 133 Å². The fourth-order valence-corrected chi connectivity index (χ4v) is 2.75. The molecule has 1 aliphatic carbocycles. The summed E-state index contributed by atoms with van der Waals surface area (Å²) in [5, 5.41) is 14.1. The first-order valence-electron chi connectivity index (χ1n) is 6.44. The van der Waals surface area contributed by atoms with Gasteiger partial charge in [0.15, 0.2) is 0 Å². The number of carbonyl (C=O) groups is 1. The Morgan fingerprint density at radius 3 is 2.57 bits per heavy atom. The van der Waals surface area contributed by atoms with Gasteiger partial charge in [-0.15, -0.1) is 12.4 Å². The molecule has 0 aliphatic heterocycles. The summed E-state index contributed by atoms with van der Waals surface area (Å²) in [4.78, 5) is 22.7. The molecule has 0 unspecified atom stereocenters. The Kier molecular flexibility index (Phi) is 5.95. The van der Waals surface area contributed by atoms with Gasteiger partial charge in [0.1, 0.15) is 5.56 Å². The number of nitro groups is 1. The van der Waals surface area contributed by atoms with Gasteiger partial charge in [-0.3, -0.25) is 14.9 Å². The standard InChI is InChI=1S/C13H16ClN3O3.ClH/c14-9-3-4-10(11(7-9)17(19)20)12(18)16-13(8-15)5-1-2-6-13;/h3-4,7H,1-2,5-6,8,15H2,(H,16,18);1H. The van der Waals surface area contributed by atoms with Crippen molar-refractivity contribution in [3.8, 4) is 0 Å². The van der Waals surface area contributed by atoms with Crippen molar-refractivity contribution in [1.82, 2.24) is 5.32 Å². The second kappa shape index (κ2) is 7.06. The molecule has 1 saturated carbocycles. The van der Waals surface area contributed by atoms with Gasteiger partial charge in [-0.05, 0) is 25.0 Å². The number of nitro benzene ring substituents is 1. The largest absolute Gasteiger partial charge is 0.345 e. The van der Waals surface area contributed by atoms with Crippen LogP contribution < -0.4 is 11.1 Å². The first kappa shape index (κ1) is 17.7. The molecule has 1 amide bonds. The molecule has 0 heterocycles. The minimum Gasteiger partial charge on any atom is -0.345 e. The van der Waals surface area contributed by atoms with Crippen LogP contribution in [0.2, 0.25) is 5.02 Å². The van der Waals surface area contributed by atoms with Crippen LogP contribution in [0.1, 0.15) is 36.0 Å². The first-order chi connectivity index (χ1) is 9.47. The van der Waals surface area contributed by atoms with Crippen LogP contribution in [-0.2, 0) is 0 Å². The van der Waals surface area contributed by atoms with Crippen molar-refractivity contribution in [3.05, 3.63) is 38.9 Å². The summed E-state index contributed by atoms with van der Waals surface area (Å²) >= 11 is 5.73. The lowest BCUT2D eigenvalue weighted by Crippen LogP contribution is -2.51. The van der Waals surface area contributed by atoms with E-state index in [1.807, 2.05) is 0 Å². The number of carbonyl (C=O) groups excluding carboxylic acids is 1. The third-order valence-corrected chi connectivity index (χ3v) is 3.97. The van der Waals surface area contributed by atoms with Gasteiger partial charge in [0, 0.05) is 17.6 Å². The van der Waals surface area contributed by atoms with E-state index in [0.717, 1.165) is 25.7 Å². The monoisotopic (exact) mass is 333 g/mol. The van der Waals surface area contributed by atoms with Crippen LogP contribution in [-0.4, -0.2) is 22.9 Å². The van der Waals surface area contributed by atoms with Crippen LogP contribution in [0.25, 0.3) is 0 Å². The molecular formula is C13H17Cl2N3O3. The average molecular weight is 334 g/mol. The maximum absolute atomic E-state index is 12.3. The van der Waals surface area contributed by atoms with Gasteiger partial charge >= 0.3 is 0 Å². The van der Waals surface area contributed by atoms with Crippen LogP contribution in [0.3, 0.4) is 0 Å². The van der Waals surface area contributed by atoms with Crippen LogP contribution in [0.15, 0.2) is 18.2 Å². The van der Waals surface area contributed by atoms with Gasteiger partial charge in [-0.2, -0.15) is 0 Å². The lowest BCUT2D eigenvalue weighted by atomic mass is 9.97. The molecule has 6 nitrogen and oxygen atoms in total. The number of hydrogen-bond donors (Lipinski definition) is 2. The average Bonchev–Trinajstić information content (AvgIpc) is 2.87. The Morgan fingerprint density at radius 1 is 1.43 bits per heavy atom. The van der Waals surface area contributed by atoms with Crippen molar-refractivity contribution in [2.75, 3.05) is 6.54 Å². The first-order valence-corrected chi connectivity index (χ1v) is 6.82. The van der Waals surface area contributed by atoms with E-state index < -0.39 is 16.4 Å². The molecule has 8 heteroatoms. The summed E-state index contributed by atoms with van der Waals surface area (Å²) in [6.07, 6.45) is 3.60. The maximum Gasteiger partial charge on any atom is 0.283 e. The summed E-state index contributed by atoms with van der Waals surface area (Å²) in [7, 11) is 0. The fraction of sp³-hybridized carbons (Fsp3) is 0.462. The topological polar surface area (TPSA) is 98.3 Å². The van der Waals surface area contributed by atoms with Crippen LogP contribution in [0.4, 0.5) is 5.69 Å². The molecule has 1 aromatic carbocycles. The molecule has 0 radical (unpaired) electrons. The van der Waals surface area contributed by atoms with E-state index in [0.29, 0.717) is 6.54 Å². The van der Waals surface area contributed by atoms with E-state index in [4.69, 9.17) is 17.3 Å². The van der Waals surface area contributed by atoms with Gasteiger partial charge in [0.2, 0.25) is 0 Å². The van der Waals surface area contributed by atoms with E-state index in [-0.39, 0.29) is 28.7 Å². The van der Waals surface area contributed by atoms with Crippen LogP contribution >= 0.6 is 24.0 Å². The van der Waals surface area contributed by atoms with E-state index in [1.54, 1.807) is 0 Å². The number of nitrogens with two attached hydrogens (primary N) is 1. The minimum atomic E-state index is -0.607. The number of halogens is 2. The molecule has 2 rings (SSSR count). The number of amides is 1. The Balaban J connectivity index is 0.00000220. The van der Waals surface area contributed by atoms with E-state index in [2.05, 4.69) is 5.32 Å². The van der Waals surface area contributed by atoms with Crippen molar-refractivity contribution in [2.45, 2.75) is 31.2 Å². The second-order valence-corrected chi connectivity index (χ2v) is 5.50. The third kappa shape index (κ3) is 3.84. The molecule has 1 aliphatic rings. The molecule has 0 saturated heterocycles. The minimum absolute atomic E-state index is 0. The lowest BCUT2D eigenvalue weighted by molar-refractivity contribution is -0.385. The Bertz CT molecular complexity index is 545. The number of hydrogen-bond acceptors (Lipinski definition) is 4. The zero-order chi connectivity index (χ0) is 14.8. The third-order valence-electron chi connectivity index (χ3n) is 3.73. The summed E-state index contributed by atoms with van der Waals surface area (Å²) in [6, 6.07) is 4.02. The van der Waals surface area contributed by atoms with E-state index in [9.17, 15) is 14.9 Å². The highest BCUT2D eigenvalue weighted by Crippen LogP contribution is 2.30. The number of nitrogens with zero attached hydrogens (tertiary/aromatic N) is 1. The molecular weight excluding hydrogens is 317 g/mol. The van der Waals surface area contributed by atoms with Gasteiger partial charge in [0.05, 0.1) is 10.5 Å². The number of rotatable bonds is 4. The van der Waals surface area contributed by atoms with Crippen molar-refractivity contribution in [1.29, 1.82) is 0 Å². The normalized spacial score (nSPS) is 16.1. The van der Waals surface area contributed by atoms with Gasteiger partial charge in [-0.1, -0.05) is 24.4 Å². The number of benzene rings is 1. The zero-order valence-electron chi connectivity index (χ0n) is 11.3. The highest BCUT2D eigenvalue weighted by molar-refractivity contribution is 6.31. The molecule has 0 bridgehead atoms. The zero-order valence-corrected chi connectivity index (χ0v) is 12.9. The molecule has 1 fully saturated rings. The highest BCUT2D eigenvalue weighted by Gasteiger charge is 2.35. The predicted molar refractivity (Wildman–Crippen MR) is 83.1 cm³/mol. The van der Waals surface area contributed by atoms with Gasteiger partial charge in [-0.25, -0.2) is 0 Å². The summed E-state index contributed by atoms with van der Waals surface area (Å²) in [5.74, 6) is -0.472. The van der Waals surface area contributed by atoms with E-state index in [1.165, 1.54) is 18.2 Å². The van der Waals surface area contributed by atoms with Crippen molar-refractivity contribution in [3.63, 3.8) is 0 Å². The second-order valence-electron chi connectivity index (χ2n) is 5.06. The van der Waals surface area contributed by atoms with Gasteiger partial charge < -0.3 is 11.1 Å². The van der Waals surface area contributed by atoms with Crippen molar-refractivity contribution >= 4 is 35.6 Å². The molecule has 0 spiro atoms. The van der Waals surface area contributed by atoms with Crippen LogP contribution in [0, 0.1) is 10.1 Å². The molecule has 116 valence electrons. The van der Waals surface area contributed by atoms with E-state index >= 15 is 0 Å². The molecule has 3 N–H and O–H groups in total. The van der Waals surface area contributed by atoms with Crippen LogP contribution in [0.5, 0.6) is 0 Å².